The van der Waals surface area contributed by atoms with Gasteiger partial charge in [0, 0.05) is 51.2 Å². The number of carbonyl (C=O) groups excluding carboxylic acids is 2. The summed E-state index contributed by atoms with van der Waals surface area (Å²) in [5, 5.41) is 5.80. The molecule has 2 N–H and O–H groups in total. The second kappa shape index (κ2) is 10.8. The van der Waals surface area contributed by atoms with E-state index in [1.807, 2.05) is 62.9 Å². The van der Waals surface area contributed by atoms with Gasteiger partial charge in [-0.2, -0.15) is 0 Å². The molecule has 0 unspecified atom stereocenters. The normalized spacial score (nSPS) is 11.9. The maximum atomic E-state index is 12.7. The summed E-state index contributed by atoms with van der Waals surface area (Å²) >= 11 is 0. The summed E-state index contributed by atoms with van der Waals surface area (Å²) in [6.07, 6.45) is 0.854. The van der Waals surface area contributed by atoms with Gasteiger partial charge in [-0.3, -0.25) is 4.79 Å². The third-order valence-electron chi connectivity index (χ3n) is 4.26. The van der Waals surface area contributed by atoms with Crippen LogP contribution in [0.25, 0.3) is 0 Å². The Hall–Kier alpha value is -2.28. The van der Waals surface area contributed by atoms with Gasteiger partial charge >= 0.3 is 6.03 Å². The molecule has 0 saturated heterocycles. The van der Waals surface area contributed by atoms with Crippen LogP contribution in [0, 0.1) is 0 Å². The molecule has 0 aliphatic heterocycles. The SMILES string of the molecule is CC[C@H](C)N(Cc1cc(NC(=O)COC)ccc1N(C)C)C(=O)NC(C)C. The van der Waals surface area contributed by atoms with Crippen molar-refractivity contribution in [2.45, 2.75) is 52.7 Å². The van der Waals surface area contributed by atoms with Crippen molar-refractivity contribution in [3.05, 3.63) is 23.8 Å². The van der Waals surface area contributed by atoms with Gasteiger partial charge in [0.05, 0.1) is 0 Å². The zero-order valence-corrected chi connectivity index (χ0v) is 17.6. The van der Waals surface area contributed by atoms with E-state index in [0.717, 1.165) is 17.7 Å². The number of benzene rings is 1. The zero-order valence-electron chi connectivity index (χ0n) is 17.6. The number of rotatable bonds is 9. The quantitative estimate of drug-likeness (QED) is 0.693. The van der Waals surface area contributed by atoms with E-state index >= 15 is 0 Å². The Balaban J connectivity index is 3.17. The maximum absolute atomic E-state index is 12.7. The van der Waals surface area contributed by atoms with Crippen molar-refractivity contribution in [1.82, 2.24) is 10.2 Å². The number of nitrogens with one attached hydrogen (secondary N) is 2. The summed E-state index contributed by atoms with van der Waals surface area (Å²) in [4.78, 5) is 28.4. The monoisotopic (exact) mass is 378 g/mol. The first-order valence-electron chi connectivity index (χ1n) is 9.35. The summed E-state index contributed by atoms with van der Waals surface area (Å²) in [5.41, 5.74) is 2.66. The Morgan fingerprint density at radius 3 is 2.37 bits per heavy atom. The van der Waals surface area contributed by atoms with Gasteiger partial charge in [-0.05, 0) is 51.0 Å². The maximum Gasteiger partial charge on any atom is 0.318 e. The van der Waals surface area contributed by atoms with Crippen LogP contribution >= 0.6 is 0 Å². The van der Waals surface area contributed by atoms with Crippen LogP contribution in [0.4, 0.5) is 16.2 Å². The molecule has 3 amide bonds. The first-order valence-corrected chi connectivity index (χ1v) is 9.35. The second-order valence-corrected chi connectivity index (χ2v) is 7.21. The number of ether oxygens (including phenoxy) is 1. The smallest absolute Gasteiger partial charge is 0.318 e. The van der Waals surface area contributed by atoms with E-state index in [1.54, 1.807) is 0 Å². The molecular formula is C20H34N4O3. The van der Waals surface area contributed by atoms with Gasteiger partial charge in [-0.1, -0.05) is 6.92 Å². The molecular weight excluding hydrogens is 344 g/mol. The summed E-state index contributed by atoms with van der Waals surface area (Å²) < 4.78 is 4.87. The number of amides is 3. The Kier molecular flexibility index (Phi) is 9.08. The Labute approximate surface area is 163 Å². The van der Waals surface area contributed by atoms with Gasteiger partial charge in [-0.15, -0.1) is 0 Å². The highest BCUT2D eigenvalue weighted by Gasteiger charge is 2.21. The lowest BCUT2D eigenvalue weighted by molar-refractivity contribution is -0.119. The van der Waals surface area contributed by atoms with Crippen LogP contribution < -0.4 is 15.5 Å². The van der Waals surface area contributed by atoms with Crippen LogP contribution in [0.2, 0.25) is 0 Å². The summed E-state index contributed by atoms with van der Waals surface area (Å²) in [5.74, 6) is -0.211. The number of urea groups is 1. The van der Waals surface area contributed by atoms with Gasteiger partial charge in [0.15, 0.2) is 0 Å². The van der Waals surface area contributed by atoms with Crippen LogP contribution in [0.3, 0.4) is 0 Å². The Bertz CT molecular complexity index is 632. The zero-order chi connectivity index (χ0) is 20.6. The summed E-state index contributed by atoms with van der Waals surface area (Å²) in [6, 6.07) is 5.79. The molecule has 152 valence electrons. The second-order valence-electron chi connectivity index (χ2n) is 7.21. The molecule has 0 spiro atoms. The highest BCUT2D eigenvalue weighted by Crippen LogP contribution is 2.25. The minimum Gasteiger partial charge on any atom is -0.377 e. The predicted octanol–water partition coefficient (Wildman–Crippen LogP) is 3.06. The first-order chi connectivity index (χ1) is 12.7. The van der Waals surface area contributed by atoms with Crippen LogP contribution in [-0.4, -0.2) is 56.7 Å². The Morgan fingerprint density at radius 2 is 1.85 bits per heavy atom. The molecule has 27 heavy (non-hydrogen) atoms. The van der Waals surface area contributed by atoms with Crippen molar-refractivity contribution in [1.29, 1.82) is 0 Å². The fourth-order valence-corrected chi connectivity index (χ4v) is 2.72. The molecule has 1 aromatic rings. The lowest BCUT2D eigenvalue weighted by Gasteiger charge is -2.31. The first kappa shape index (κ1) is 22.8. The van der Waals surface area contributed by atoms with Crippen molar-refractivity contribution >= 4 is 23.3 Å². The molecule has 0 heterocycles. The molecule has 1 atom stereocenters. The number of carbonyl (C=O) groups is 2. The van der Waals surface area contributed by atoms with Gasteiger partial charge in [0.2, 0.25) is 5.91 Å². The molecule has 7 heteroatoms. The molecule has 7 nitrogen and oxygen atoms in total. The highest BCUT2D eigenvalue weighted by atomic mass is 16.5. The number of anilines is 2. The van der Waals surface area contributed by atoms with Crippen LogP contribution in [0.1, 0.15) is 39.7 Å². The molecule has 0 aliphatic carbocycles. The van der Waals surface area contributed by atoms with Gasteiger partial charge in [-0.25, -0.2) is 4.79 Å². The van der Waals surface area contributed by atoms with Gasteiger partial charge in [0.25, 0.3) is 0 Å². The van der Waals surface area contributed by atoms with E-state index in [-0.39, 0.29) is 30.6 Å². The van der Waals surface area contributed by atoms with E-state index in [2.05, 4.69) is 17.6 Å². The topological polar surface area (TPSA) is 73.9 Å². The van der Waals surface area contributed by atoms with Crippen LogP contribution in [0.5, 0.6) is 0 Å². The molecule has 0 fully saturated rings. The molecule has 0 saturated carbocycles. The minimum absolute atomic E-state index is 0.000549. The van der Waals surface area contributed by atoms with Crippen molar-refractivity contribution in [3.63, 3.8) is 0 Å². The van der Waals surface area contributed by atoms with E-state index in [9.17, 15) is 9.59 Å². The lowest BCUT2D eigenvalue weighted by atomic mass is 10.1. The number of methoxy groups -OCH3 is 1. The Morgan fingerprint density at radius 1 is 1.19 bits per heavy atom. The van der Waals surface area contributed by atoms with E-state index in [1.165, 1.54) is 7.11 Å². The van der Waals surface area contributed by atoms with Crippen molar-refractivity contribution in [2.75, 3.05) is 38.0 Å². The highest BCUT2D eigenvalue weighted by molar-refractivity contribution is 5.92. The van der Waals surface area contributed by atoms with Crippen molar-refractivity contribution in [3.8, 4) is 0 Å². The third-order valence-corrected chi connectivity index (χ3v) is 4.26. The molecule has 1 rings (SSSR count). The fourth-order valence-electron chi connectivity index (χ4n) is 2.72. The average molecular weight is 379 g/mol. The largest absolute Gasteiger partial charge is 0.377 e. The van der Waals surface area contributed by atoms with Gasteiger partial charge < -0.3 is 25.2 Å². The molecule has 1 aromatic carbocycles. The lowest BCUT2D eigenvalue weighted by Crippen LogP contribution is -2.46. The molecule has 0 aliphatic rings. The van der Waals surface area contributed by atoms with Crippen LogP contribution in [0.15, 0.2) is 18.2 Å². The summed E-state index contributed by atoms with van der Waals surface area (Å²) in [7, 11) is 5.41. The van der Waals surface area contributed by atoms with E-state index in [0.29, 0.717) is 12.2 Å². The number of hydrogen-bond donors (Lipinski definition) is 2. The predicted molar refractivity (Wildman–Crippen MR) is 110 cm³/mol. The third kappa shape index (κ3) is 7.09. The standard InChI is InChI=1S/C20H34N4O3/c1-8-15(4)24(20(26)21-14(2)3)12-16-11-17(22-19(25)13-27-7)9-10-18(16)23(5)6/h9-11,14-15H,8,12-13H2,1-7H3,(H,21,26)(H,22,25)/t15-/m0/s1. The van der Waals surface area contributed by atoms with Gasteiger partial charge in [0.1, 0.15) is 6.61 Å². The van der Waals surface area contributed by atoms with Crippen LogP contribution in [-0.2, 0) is 16.1 Å². The molecule has 0 aromatic heterocycles. The number of hydrogen-bond acceptors (Lipinski definition) is 4. The summed E-state index contributed by atoms with van der Waals surface area (Å²) in [6.45, 7) is 8.46. The fraction of sp³-hybridized carbons (Fsp3) is 0.600. The van der Waals surface area contributed by atoms with Crippen molar-refractivity contribution < 1.29 is 14.3 Å². The molecule has 0 bridgehead atoms. The van der Waals surface area contributed by atoms with E-state index in [4.69, 9.17) is 4.74 Å². The number of nitrogens with zero attached hydrogens (tertiary/aromatic N) is 2. The minimum atomic E-state index is -0.211. The van der Waals surface area contributed by atoms with E-state index < -0.39 is 0 Å². The molecule has 0 radical (unpaired) electrons. The van der Waals surface area contributed by atoms with Crippen molar-refractivity contribution in [2.24, 2.45) is 0 Å². The average Bonchev–Trinajstić information content (AvgIpc) is 2.58.